The van der Waals surface area contributed by atoms with Crippen LogP contribution in [0.4, 0.5) is 33.2 Å². The van der Waals surface area contributed by atoms with Crippen LogP contribution in [0, 0.1) is 26.0 Å². The minimum Gasteiger partial charge on any atom is -0.388 e. The normalized spacial score (nSPS) is 22.4. The van der Waals surface area contributed by atoms with Gasteiger partial charge in [0.1, 0.15) is 5.82 Å². The van der Waals surface area contributed by atoms with E-state index in [1.165, 1.54) is 6.07 Å². The Balaban J connectivity index is 0.000000162. The fraction of sp³-hybridized carbons (Fsp3) is 0.688. The van der Waals surface area contributed by atoms with Gasteiger partial charge in [-0.1, -0.05) is 0 Å². The van der Waals surface area contributed by atoms with Crippen LogP contribution in [0.2, 0.25) is 0 Å². The number of halogens is 1. The lowest BCUT2D eigenvalue weighted by atomic mass is 9.90. The largest absolute Gasteiger partial charge is 0.388 e. The lowest BCUT2D eigenvalue weighted by Crippen LogP contribution is -2.54. The van der Waals surface area contributed by atoms with Gasteiger partial charge in [0.2, 0.25) is 0 Å². The number of nitrogens with zero attached hydrogens (tertiary/aromatic N) is 13. The molecular weight excluding hydrogens is 918 g/mol. The molecule has 6 saturated heterocycles. The highest BCUT2D eigenvalue weighted by Gasteiger charge is 2.37. The average Bonchev–Trinajstić information content (AvgIpc) is 3.35. The van der Waals surface area contributed by atoms with Crippen molar-refractivity contribution in [1.82, 2.24) is 49.7 Å². The number of hydrogen-bond acceptors (Lipinski definition) is 20. The number of piperidine rings is 3. The summed E-state index contributed by atoms with van der Waals surface area (Å²) in [6, 6.07) is 9.00. The van der Waals surface area contributed by atoms with Gasteiger partial charge in [-0.2, -0.15) is 0 Å². The van der Waals surface area contributed by atoms with E-state index in [9.17, 15) is 39.9 Å². The zero-order chi connectivity index (χ0) is 51.0. The quantitative estimate of drug-likeness (QED) is 0.142. The molecule has 3 aromatic rings. The van der Waals surface area contributed by atoms with Gasteiger partial charge in [0.25, 0.3) is 0 Å². The summed E-state index contributed by atoms with van der Waals surface area (Å²) in [5, 5.41) is 56.1. The molecule has 0 bridgehead atoms. The third-order valence-electron chi connectivity index (χ3n) is 14.6. The molecule has 0 aliphatic carbocycles. The van der Waals surface area contributed by atoms with Gasteiger partial charge in [-0.15, -0.1) is 0 Å². The number of nitrogens with two attached hydrogens (primary N) is 1. The molecule has 9 heterocycles. The summed E-state index contributed by atoms with van der Waals surface area (Å²) in [6.45, 7) is 20.4. The number of nitro groups is 2. The molecule has 0 unspecified atom stereocenters. The molecule has 6 aliphatic rings. The fourth-order valence-electron chi connectivity index (χ4n) is 9.73. The predicted octanol–water partition coefficient (Wildman–Crippen LogP) is 1.29. The molecule has 6 aliphatic heterocycles. The first kappa shape index (κ1) is 55.5. The van der Waals surface area contributed by atoms with E-state index in [2.05, 4.69) is 80.6 Å². The highest BCUT2D eigenvalue weighted by Crippen LogP contribution is 2.29. The summed E-state index contributed by atoms with van der Waals surface area (Å²) in [5.41, 5.74) is 5.99. The molecule has 0 spiro atoms. The summed E-state index contributed by atoms with van der Waals surface area (Å²) in [6.07, 6.45) is 9.00. The Labute approximate surface area is 417 Å². The molecule has 22 nitrogen and oxygen atoms in total. The number of β-amino-alcohol motifs (C(OH)–C–C–N with tert-alkyl or cyclic N) is 3. The minimum absolute atomic E-state index is 0.137. The molecule has 3 aromatic heterocycles. The van der Waals surface area contributed by atoms with Crippen LogP contribution in [0.15, 0.2) is 55.0 Å². The Morgan fingerprint density at radius 2 is 0.887 bits per heavy atom. The molecule has 394 valence electrons. The highest BCUT2D eigenvalue weighted by molar-refractivity contribution is 5.49. The number of aliphatic hydroxyl groups is 3. The Bertz CT molecular complexity index is 2050. The highest BCUT2D eigenvalue weighted by atomic mass is 19.1. The van der Waals surface area contributed by atoms with Gasteiger partial charge >= 0.3 is 11.6 Å². The van der Waals surface area contributed by atoms with Crippen molar-refractivity contribution in [2.45, 2.75) is 55.3 Å². The topological polar surface area (TPSA) is 250 Å². The van der Waals surface area contributed by atoms with E-state index in [4.69, 9.17) is 5.73 Å². The van der Waals surface area contributed by atoms with Gasteiger partial charge < -0.3 is 71.1 Å². The van der Waals surface area contributed by atoms with Gasteiger partial charge in [0.15, 0.2) is 18.2 Å². The van der Waals surface area contributed by atoms with Gasteiger partial charge in [-0.05, 0) is 117 Å². The molecule has 6 N–H and O–H groups in total. The maximum Gasteiger partial charge on any atom is 0.363 e. The number of hydrogen-bond donors (Lipinski definition) is 5. The first-order chi connectivity index (χ1) is 33.9. The van der Waals surface area contributed by atoms with Crippen LogP contribution in [0.25, 0.3) is 0 Å². The van der Waals surface area contributed by atoms with Crippen LogP contribution in [-0.2, 0) is 0 Å². The Morgan fingerprint density at radius 3 is 1.21 bits per heavy atom. The van der Waals surface area contributed by atoms with E-state index in [1.807, 2.05) is 18.3 Å². The fourth-order valence-corrected chi connectivity index (χ4v) is 9.73. The maximum atomic E-state index is 12.1. The van der Waals surface area contributed by atoms with Crippen LogP contribution < -0.4 is 20.9 Å². The molecule has 9 rings (SSSR count). The van der Waals surface area contributed by atoms with E-state index in [-0.39, 0.29) is 11.6 Å². The van der Waals surface area contributed by atoms with E-state index in [1.54, 1.807) is 12.3 Å². The molecule has 0 saturated carbocycles. The van der Waals surface area contributed by atoms with E-state index in [0.29, 0.717) is 18.7 Å². The smallest absolute Gasteiger partial charge is 0.363 e. The van der Waals surface area contributed by atoms with Crippen molar-refractivity contribution in [3.8, 4) is 0 Å². The van der Waals surface area contributed by atoms with Crippen molar-refractivity contribution in [2.24, 2.45) is 0 Å². The Hall–Kier alpha value is -4.82. The Kier molecular flexibility index (Phi) is 20.5. The molecule has 0 amide bonds. The number of anilines is 3. The summed E-state index contributed by atoms with van der Waals surface area (Å²) in [7, 11) is 6.45. The number of aromatic nitrogens is 3. The third kappa shape index (κ3) is 18.0. The number of piperazine rings is 3. The second kappa shape index (κ2) is 26.2. The standard InChI is InChI=1S/C16H25N5O3.C16H27N5O.C11H23N3O.C5H3FN2O2/c1-18-8-10-19(11-9-18)13-16(22)4-6-20(7-5-16)14-2-3-15(17-12-14)21(23)24;1-19-8-10-20(11-9-19)13-16(22)4-6-21(7-5-16)14-2-3-15(17)18-12-14;1-13-6-8-14(9-7-13)10-11(15)2-4-12-5-3-11;6-4-1-2-5(7-3-4)8(9)10/h2-3,12,22H,4-11,13H2,1H3;2-3,12,22H,4-11,13H2,1H3,(H2,17,18);12,15H,2-10H2,1H3;1-3H. The van der Waals surface area contributed by atoms with Crippen molar-refractivity contribution in [3.63, 3.8) is 0 Å². The number of pyridine rings is 3. The second-order valence-corrected chi connectivity index (χ2v) is 20.3. The summed E-state index contributed by atoms with van der Waals surface area (Å²) in [5.74, 6) is -0.512. The predicted molar refractivity (Wildman–Crippen MR) is 272 cm³/mol. The first-order valence-corrected chi connectivity index (χ1v) is 25.1. The van der Waals surface area contributed by atoms with Crippen LogP contribution in [0.3, 0.4) is 0 Å². The van der Waals surface area contributed by atoms with Crippen LogP contribution in [0.5, 0.6) is 0 Å². The lowest BCUT2D eigenvalue weighted by Gasteiger charge is -2.43. The van der Waals surface area contributed by atoms with Crippen molar-refractivity contribution >= 4 is 28.8 Å². The number of rotatable bonds is 10. The summed E-state index contributed by atoms with van der Waals surface area (Å²) in [4.78, 5) is 49.2. The zero-order valence-corrected chi connectivity index (χ0v) is 42.0. The number of nitrogen functional groups attached to an aromatic ring is 1. The van der Waals surface area contributed by atoms with Crippen LogP contribution >= 0.6 is 0 Å². The Morgan fingerprint density at radius 1 is 0.535 bits per heavy atom. The van der Waals surface area contributed by atoms with E-state index in [0.717, 1.165) is 193 Å². The van der Waals surface area contributed by atoms with Gasteiger partial charge in [-0.25, -0.2) is 9.37 Å². The van der Waals surface area contributed by atoms with Crippen molar-refractivity contribution in [3.05, 3.63) is 81.0 Å². The van der Waals surface area contributed by atoms with Gasteiger partial charge in [0.05, 0.1) is 34.4 Å². The molecule has 0 radical (unpaired) electrons. The van der Waals surface area contributed by atoms with Gasteiger partial charge in [0, 0.05) is 136 Å². The summed E-state index contributed by atoms with van der Waals surface area (Å²) < 4.78 is 12.1. The van der Waals surface area contributed by atoms with E-state index >= 15 is 0 Å². The van der Waals surface area contributed by atoms with Crippen LogP contribution in [-0.4, -0.2) is 245 Å². The maximum absolute atomic E-state index is 12.1. The monoisotopic (exact) mass is 996 g/mol. The molecular formula is C48H78FN15O7. The molecule has 23 heteroatoms. The first-order valence-electron chi connectivity index (χ1n) is 25.1. The van der Waals surface area contributed by atoms with Crippen LogP contribution in [0.1, 0.15) is 38.5 Å². The minimum atomic E-state index is -0.681. The second-order valence-electron chi connectivity index (χ2n) is 20.3. The van der Waals surface area contributed by atoms with Gasteiger partial charge in [-0.3, -0.25) is 14.7 Å². The lowest BCUT2D eigenvalue weighted by molar-refractivity contribution is -0.389. The number of likely N-dealkylation sites (N-methyl/N-ethyl adjacent to an activating group) is 3. The van der Waals surface area contributed by atoms with Crippen molar-refractivity contribution in [2.75, 3.05) is 174 Å². The zero-order valence-electron chi connectivity index (χ0n) is 42.0. The number of nitrogens with one attached hydrogen (secondary N) is 1. The van der Waals surface area contributed by atoms with E-state index < -0.39 is 32.5 Å². The third-order valence-corrected chi connectivity index (χ3v) is 14.6. The molecule has 71 heavy (non-hydrogen) atoms. The molecule has 0 atom stereocenters. The van der Waals surface area contributed by atoms with Crippen molar-refractivity contribution < 1.29 is 29.6 Å². The summed E-state index contributed by atoms with van der Waals surface area (Å²) >= 11 is 0. The van der Waals surface area contributed by atoms with Crippen molar-refractivity contribution in [1.29, 1.82) is 0 Å². The SMILES string of the molecule is CN1CCN(CC2(O)CCN(c3ccc(N)nc3)CC2)CC1.CN1CCN(CC2(O)CCN(c3ccc([N+](=O)[O-])nc3)CC2)CC1.CN1CCN(CC2(O)CCNCC2)CC1.O=[N+]([O-])c1ccc(F)cn1. The molecule has 0 aromatic carbocycles. The molecule has 6 fully saturated rings. The average molecular weight is 996 g/mol.